The molecule has 26 heavy (non-hydrogen) atoms. The van der Waals surface area contributed by atoms with Gasteiger partial charge in [0.1, 0.15) is 23.7 Å². The van der Waals surface area contributed by atoms with Gasteiger partial charge in [0.05, 0.1) is 20.3 Å². The number of rotatable bonds is 7. The van der Waals surface area contributed by atoms with Crippen LogP contribution in [0.1, 0.15) is 49.5 Å². The van der Waals surface area contributed by atoms with Gasteiger partial charge in [-0.1, -0.05) is 6.42 Å². The van der Waals surface area contributed by atoms with E-state index in [2.05, 4.69) is 25.7 Å². The van der Waals surface area contributed by atoms with Crippen LogP contribution in [0.3, 0.4) is 0 Å². The van der Waals surface area contributed by atoms with E-state index in [9.17, 15) is 0 Å². The normalized spacial score (nSPS) is 20.9. The molecule has 140 valence electrons. The van der Waals surface area contributed by atoms with E-state index in [1.165, 1.54) is 25.7 Å². The van der Waals surface area contributed by atoms with Crippen molar-refractivity contribution in [2.24, 2.45) is 5.92 Å². The number of likely N-dealkylation sites (tertiary alicyclic amines) is 1. The zero-order chi connectivity index (χ0) is 17.9. The molecule has 0 radical (unpaired) electrons. The molecule has 6 heteroatoms. The smallest absolute Gasteiger partial charge is 0.150 e. The minimum Gasteiger partial charge on any atom is -0.497 e. The van der Waals surface area contributed by atoms with Crippen LogP contribution in [0.5, 0.6) is 11.5 Å². The average molecular weight is 356 g/mol. The summed E-state index contributed by atoms with van der Waals surface area (Å²) in [6.07, 6.45) is 8.19. The molecule has 1 aliphatic carbocycles. The molecule has 1 atom stereocenters. The van der Waals surface area contributed by atoms with Crippen LogP contribution in [0.2, 0.25) is 0 Å². The molecule has 1 aromatic heterocycles. The number of aromatic nitrogens is 3. The Hall–Kier alpha value is -2.08. The number of hydrogen-bond donors (Lipinski definition) is 0. The van der Waals surface area contributed by atoms with Crippen LogP contribution in [0.25, 0.3) is 0 Å². The third-order valence-electron chi connectivity index (χ3n) is 5.57. The summed E-state index contributed by atoms with van der Waals surface area (Å²) in [5, 5.41) is 8.73. The molecule has 1 saturated heterocycles. The van der Waals surface area contributed by atoms with Gasteiger partial charge in [0.15, 0.2) is 0 Å². The summed E-state index contributed by atoms with van der Waals surface area (Å²) < 4.78 is 13.3. The van der Waals surface area contributed by atoms with Gasteiger partial charge in [0, 0.05) is 18.7 Å². The highest BCUT2D eigenvalue weighted by atomic mass is 16.5. The fourth-order valence-corrected chi connectivity index (χ4v) is 3.94. The van der Waals surface area contributed by atoms with E-state index in [-0.39, 0.29) is 0 Å². The van der Waals surface area contributed by atoms with Crippen molar-refractivity contribution in [1.29, 1.82) is 0 Å². The molecule has 0 N–H and O–H groups in total. The zero-order valence-corrected chi connectivity index (χ0v) is 15.7. The van der Waals surface area contributed by atoms with Crippen molar-refractivity contribution in [2.75, 3.05) is 20.8 Å². The number of piperidine rings is 1. The maximum Gasteiger partial charge on any atom is 0.150 e. The molecule has 1 saturated carbocycles. The molecule has 0 bridgehead atoms. The van der Waals surface area contributed by atoms with Crippen LogP contribution in [0, 0.1) is 5.92 Å². The Balaban J connectivity index is 1.57. The first-order valence-corrected chi connectivity index (χ1v) is 9.61. The van der Waals surface area contributed by atoms with Crippen LogP contribution < -0.4 is 9.47 Å². The van der Waals surface area contributed by atoms with E-state index < -0.39 is 0 Å². The van der Waals surface area contributed by atoms with E-state index in [4.69, 9.17) is 9.47 Å². The highest BCUT2D eigenvalue weighted by Gasteiger charge is 2.30. The van der Waals surface area contributed by atoms with Crippen molar-refractivity contribution in [1.82, 2.24) is 19.7 Å². The Bertz CT molecular complexity index is 741. The number of nitrogens with zero attached hydrogens (tertiary/aromatic N) is 4. The van der Waals surface area contributed by atoms with E-state index in [1.54, 1.807) is 14.2 Å². The minimum atomic E-state index is 0.320. The molecule has 2 aromatic rings. The number of methoxy groups -OCH3 is 2. The van der Waals surface area contributed by atoms with Crippen molar-refractivity contribution >= 4 is 0 Å². The molecule has 6 nitrogen and oxygen atoms in total. The predicted molar refractivity (Wildman–Crippen MR) is 99.3 cm³/mol. The molecule has 1 aromatic carbocycles. The van der Waals surface area contributed by atoms with Crippen LogP contribution in [-0.2, 0) is 13.1 Å². The van der Waals surface area contributed by atoms with Crippen LogP contribution in [0.15, 0.2) is 24.5 Å². The van der Waals surface area contributed by atoms with Gasteiger partial charge >= 0.3 is 0 Å². The molecule has 1 aliphatic heterocycles. The summed E-state index contributed by atoms with van der Waals surface area (Å²) >= 11 is 0. The van der Waals surface area contributed by atoms with Crippen LogP contribution in [-0.4, -0.2) is 40.4 Å². The Morgan fingerprint density at radius 1 is 1.12 bits per heavy atom. The quantitative estimate of drug-likeness (QED) is 0.761. The van der Waals surface area contributed by atoms with Crippen molar-refractivity contribution in [3.63, 3.8) is 0 Å². The zero-order valence-electron chi connectivity index (χ0n) is 15.7. The largest absolute Gasteiger partial charge is 0.497 e. The second kappa shape index (κ2) is 7.66. The molecule has 0 spiro atoms. The lowest BCUT2D eigenvalue weighted by molar-refractivity contribution is 0.128. The molecule has 2 fully saturated rings. The van der Waals surface area contributed by atoms with Crippen molar-refractivity contribution in [2.45, 2.75) is 51.2 Å². The summed E-state index contributed by atoms with van der Waals surface area (Å²) in [5.74, 6) is 3.72. The number of ether oxygens (including phenoxy) is 2. The maximum atomic E-state index is 5.58. The second-order valence-corrected chi connectivity index (χ2v) is 7.44. The highest BCUT2D eigenvalue weighted by molar-refractivity contribution is 5.40. The standard InChI is InChI=1S/C20H28N4O2/c1-25-17-8-9-19(26-2)16(11-17)13-23-10-4-3-5-18(23)20-22-21-14-24(20)12-15-6-7-15/h8-9,11,14-15,18H,3-7,10,12-13H2,1-2H3/t18-/m1/s1. The van der Waals surface area contributed by atoms with Crippen molar-refractivity contribution in [3.05, 3.63) is 35.9 Å². The fraction of sp³-hybridized carbons (Fsp3) is 0.600. The van der Waals surface area contributed by atoms with Gasteiger partial charge in [-0.2, -0.15) is 0 Å². The van der Waals surface area contributed by atoms with E-state index in [0.29, 0.717) is 6.04 Å². The first-order valence-electron chi connectivity index (χ1n) is 9.61. The lowest BCUT2D eigenvalue weighted by atomic mass is 10.00. The molecular formula is C20H28N4O2. The van der Waals surface area contributed by atoms with Crippen LogP contribution >= 0.6 is 0 Å². The second-order valence-electron chi connectivity index (χ2n) is 7.44. The SMILES string of the molecule is COc1ccc(OC)c(CN2CCCC[C@@H]2c2nncn2CC2CC2)c1. The Morgan fingerprint density at radius 3 is 2.77 bits per heavy atom. The Morgan fingerprint density at radius 2 is 2.00 bits per heavy atom. The summed E-state index contributed by atoms with van der Waals surface area (Å²) in [6, 6.07) is 6.34. The van der Waals surface area contributed by atoms with Gasteiger partial charge in [-0.3, -0.25) is 4.90 Å². The third kappa shape index (κ3) is 3.70. The topological polar surface area (TPSA) is 52.4 Å². The molecule has 0 amide bonds. The molecule has 2 heterocycles. The summed E-state index contributed by atoms with van der Waals surface area (Å²) in [6.45, 7) is 2.97. The summed E-state index contributed by atoms with van der Waals surface area (Å²) in [5.41, 5.74) is 1.16. The minimum absolute atomic E-state index is 0.320. The van der Waals surface area contributed by atoms with Gasteiger partial charge in [0.25, 0.3) is 0 Å². The first-order chi connectivity index (χ1) is 12.8. The highest BCUT2D eigenvalue weighted by Crippen LogP contribution is 2.36. The predicted octanol–water partition coefficient (Wildman–Crippen LogP) is 3.43. The molecule has 4 rings (SSSR count). The van der Waals surface area contributed by atoms with Gasteiger partial charge in [0.2, 0.25) is 0 Å². The van der Waals surface area contributed by atoms with Crippen LogP contribution in [0.4, 0.5) is 0 Å². The Kier molecular flexibility index (Phi) is 5.11. The average Bonchev–Trinajstić information content (AvgIpc) is 3.38. The molecule has 2 aliphatic rings. The van der Waals surface area contributed by atoms with Gasteiger partial charge in [-0.15, -0.1) is 10.2 Å². The van der Waals surface area contributed by atoms with E-state index in [1.807, 2.05) is 18.5 Å². The lowest BCUT2D eigenvalue weighted by Crippen LogP contribution is -2.34. The summed E-state index contributed by atoms with van der Waals surface area (Å²) in [4.78, 5) is 2.52. The summed E-state index contributed by atoms with van der Waals surface area (Å²) in [7, 11) is 3.43. The van der Waals surface area contributed by atoms with E-state index >= 15 is 0 Å². The van der Waals surface area contributed by atoms with Crippen molar-refractivity contribution < 1.29 is 9.47 Å². The first kappa shape index (κ1) is 17.3. The van der Waals surface area contributed by atoms with Gasteiger partial charge in [-0.05, 0) is 56.3 Å². The third-order valence-corrected chi connectivity index (χ3v) is 5.57. The van der Waals surface area contributed by atoms with Gasteiger partial charge < -0.3 is 14.0 Å². The van der Waals surface area contributed by atoms with Crippen molar-refractivity contribution in [3.8, 4) is 11.5 Å². The fourth-order valence-electron chi connectivity index (χ4n) is 3.94. The van der Waals surface area contributed by atoms with E-state index in [0.717, 1.165) is 54.9 Å². The van der Waals surface area contributed by atoms with Gasteiger partial charge in [-0.25, -0.2) is 0 Å². The Labute approximate surface area is 155 Å². The maximum absolute atomic E-state index is 5.58. The monoisotopic (exact) mass is 356 g/mol. The molecular weight excluding hydrogens is 328 g/mol. The lowest BCUT2D eigenvalue weighted by Gasteiger charge is -2.35. The number of benzene rings is 1. The molecule has 0 unspecified atom stereocenters. The number of hydrogen-bond acceptors (Lipinski definition) is 5.